The van der Waals surface area contributed by atoms with Gasteiger partial charge in [0.15, 0.2) is 5.69 Å². The van der Waals surface area contributed by atoms with E-state index in [1.165, 1.54) is 18.2 Å². The molecule has 0 bridgehead atoms. The third-order valence-electron chi connectivity index (χ3n) is 5.43. The van der Waals surface area contributed by atoms with Crippen molar-refractivity contribution in [1.29, 1.82) is 0 Å². The summed E-state index contributed by atoms with van der Waals surface area (Å²) in [5.41, 5.74) is 0.875. The summed E-state index contributed by atoms with van der Waals surface area (Å²) in [7, 11) is 0. The van der Waals surface area contributed by atoms with Gasteiger partial charge in [0.1, 0.15) is 5.82 Å². The minimum Gasteiger partial charge on any atom is -0.335 e. The summed E-state index contributed by atoms with van der Waals surface area (Å²) in [5, 5.41) is 5.18. The number of aromatic nitrogens is 2. The van der Waals surface area contributed by atoms with E-state index in [2.05, 4.69) is 10.00 Å². The minimum absolute atomic E-state index is 0.158. The molecule has 3 aromatic rings. The van der Waals surface area contributed by atoms with Gasteiger partial charge in [-0.2, -0.15) is 5.10 Å². The Balaban J connectivity index is 1.53. The highest BCUT2D eigenvalue weighted by atomic mass is 35.5. The zero-order valence-electron chi connectivity index (χ0n) is 16.6. The van der Waals surface area contributed by atoms with Crippen LogP contribution in [0.4, 0.5) is 4.39 Å². The average molecular weight is 429 g/mol. The summed E-state index contributed by atoms with van der Waals surface area (Å²) in [6, 6.07) is 11.7. The highest BCUT2D eigenvalue weighted by Gasteiger charge is 2.26. The molecule has 1 aliphatic rings. The van der Waals surface area contributed by atoms with Crippen molar-refractivity contribution in [1.82, 2.24) is 19.6 Å². The SMILES string of the molecule is CCn1nc(C(=O)N2CCN(Cc3ccccc3Cl)CC2)c(=O)c2cc(F)ccc21. The van der Waals surface area contributed by atoms with E-state index in [9.17, 15) is 14.0 Å². The number of amides is 1. The van der Waals surface area contributed by atoms with Crippen molar-refractivity contribution in [3.63, 3.8) is 0 Å². The summed E-state index contributed by atoms with van der Waals surface area (Å²) in [4.78, 5) is 29.8. The Labute approximate surface area is 178 Å². The molecule has 156 valence electrons. The molecule has 0 radical (unpaired) electrons. The van der Waals surface area contributed by atoms with Crippen LogP contribution in [0.2, 0.25) is 5.02 Å². The molecule has 4 rings (SSSR count). The standard InChI is InChI=1S/C22H22ClFN4O2/c1-2-28-19-8-7-16(24)13-17(19)21(29)20(25-28)22(30)27-11-9-26(10-12-27)14-15-5-3-4-6-18(15)23/h3-8,13H,2,9-12,14H2,1H3. The van der Waals surface area contributed by atoms with Gasteiger partial charge in [-0.05, 0) is 36.8 Å². The van der Waals surface area contributed by atoms with Gasteiger partial charge in [-0.3, -0.25) is 19.2 Å². The first-order valence-corrected chi connectivity index (χ1v) is 10.3. The number of nitrogens with zero attached hydrogens (tertiary/aromatic N) is 4. The lowest BCUT2D eigenvalue weighted by Gasteiger charge is -2.34. The highest BCUT2D eigenvalue weighted by molar-refractivity contribution is 6.31. The third kappa shape index (κ3) is 3.95. The second-order valence-corrected chi connectivity index (χ2v) is 7.72. The fourth-order valence-electron chi connectivity index (χ4n) is 3.77. The molecule has 8 heteroatoms. The largest absolute Gasteiger partial charge is 0.335 e. The maximum atomic E-state index is 13.7. The molecule has 0 spiro atoms. The minimum atomic E-state index is -0.530. The summed E-state index contributed by atoms with van der Waals surface area (Å²) in [6.45, 7) is 5.34. The number of hydrogen-bond acceptors (Lipinski definition) is 4. The maximum Gasteiger partial charge on any atom is 0.278 e. The number of piperazine rings is 1. The third-order valence-corrected chi connectivity index (χ3v) is 5.80. The monoisotopic (exact) mass is 428 g/mol. The lowest BCUT2D eigenvalue weighted by atomic mass is 10.1. The summed E-state index contributed by atoms with van der Waals surface area (Å²) < 4.78 is 15.3. The van der Waals surface area contributed by atoms with Crippen LogP contribution in [0.1, 0.15) is 23.0 Å². The Hall–Kier alpha value is -2.77. The van der Waals surface area contributed by atoms with Crippen molar-refractivity contribution in [2.45, 2.75) is 20.0 Å². The van der Waals surface area contributed by atoms with Crippen molar-refractivity contribution < 1.29 is 9.18 Å². The second kappa shape index (κ2) is 8.53. The number of hydrogen-bond donors (Lipinski definition) is 0. The number of carbonyl (C=O) groups excluding carboxylic acids is 1. The first kappa shape index (κ1) is 20.5. The Morgan fingerprint density at radius 1 is 1.13 bits per heavy atom. The van der Waals surface area contributed by atoms with E-state index in [0.29, 0.717) is 44.8 Å². The van der Waals surface area contributed by atoms with E-state index in [4.69, 9.17) is 11.6 Å². The number of fused-ring (bicyclic) bond motifs is 1. The molecule has 1 aromatic heterocycles. The average Bonchev–Trinajstić information content (AvgIpc) is 2.76. The number of halogens is 2. The first-order valence-electron chi connectivity index (χ1n) is 9.93. The number of rotatable bonds is 4. The predicted molar refractivity (Wildman–Crippen MR) is 114 cm³/mol. The molecule has 30 heavy (non-hydrogen) atoms. The number of carbonyl (C=O) groups is 1. The molecule has 0 unspecified atom stereocenters. The van der Waals surface area contributed by atoms with Gasteiger partial charge in [-0.25, -0.2) is 4.39 Å². The van der Waals surface area contributed by atoms with Crippen LogP contribution in [0, 0.1) is 5.82 Å². The Bertz CT molecular complexity index is 1160. The predicted octanol–water partition coefficient (Wildman–Crippen LogP) is 3.17. The molecular weight excluding hydrogens is 407 g/mol. The smallest absolute Gasteiger partial charge is 0.278 e. The van der Waals surface area contributed by atoms with Crippen LogP contribution in [0.25, 0.3) is 10.9 Å². The molecule has 2 aromatic carbocycles. The topological polar surface area (TPSA) is 58.4 Å². The molecule has 1 aliphatic heterocycles. The van der Waals surface area contributed by atoms with Crippen molar-refractivity contribution in [2.24, 2.45) is 0 Å². The molecule has 1 saturated heterocycles. The van der Waals surface area contributed by atoms with Gasteiger partial charge < -0.3 is 4.90 Å². The van der Waals surface area contributed by atoms with Gasteiger partial charge in [0.25, 0.3) is 5.91 Å². The van der Waals surface area contributed by atoms with Crippen LogP contribution >= 0.6 is 11.6 Å². The zero-order valence-corrected chi connectivity index (χ0v) is 17.4. The molecule has 0 aliphatic carbocycles. The maximum absolute atomic E-state index is 13.7. The van der Waals surface area contributed by atoms with E-state index in [1.807, 2.05) is 31.2 Å². The lowest BCUT2D eigenvalue weighted by molar-refractivity contribution is 0.0619. The van der Waals surface area contributed by atoms with Crippen molar-refractivity contribution in [2.75, 3.05) is 26.2 Å². The van der Waals surface area contributed by atoms with Gasteiger partial charge >= 0.3 is 0 Å². The van der Waals surface area contributed by atoms with Gasteiger partial charge in [-0.1, -0.05) is 29.8 Å². The molecule has 0 atom stereocenters. The number of aryl methyl sites for hydroxylation is 1. The van der Waals surface area contributed by atoms with Crippen LogP contribution < -0.4 is 5.43 Å². The van der Waals surface area contributed by atoms with Crippen LogP contribution in [-0.2, 0) is 13.1 Å². The van der Waals surface area contributed by atoms with Crippen LogP contribution in [0.15, 0.2) is 47.3 Å². The zero-order chi connectivity index (χ0) is 21.3. The molecule has 1 fully saturated rings. The quantitative estimate of drug-likeness (QED) is 0.640. The normalized spacial score (nSPS) is 15.0. The van der Waals surface area contributed by atoms with Gasteiger partial charge in [0.05, 0.1) is 10.9 Å². The summed E-state index contributed by atoms with van der Waals surface area (Å²) >= 11 is 6.24. The fraction of sp³-hybridized carbons (Fsp3) is 0.318. The first-order chi connectivity index (χ1) is 14.5. The molecule has 0 saturated carbocycles. The van der Waals surface area contributed by atoms with E-state index in [1.54, 1.807) is 9.58 Å². The van der Waals surface area contributed by atoms with Crippen LogP contribution in [-0.4, -0.2) is 51.7 Å². The van der Waals surface area contributed by atoms with Gasteiger partial charge in [0.2, 0.25) is 5.43 Å². The molecule has 1 amide bonds. The van der Waals surface area contributed by atoms with E-state index < -0.39 is 17.2 Å². The van der Waals surface area contributed by atoms with Gasteiger partial charge in [-0.15, -0.1) is 0 Å². The van der Waals surface area contributed by atoms with E-state index >= 15 is 0 Å². The molecule has 2 heterocycles. The number of benzene rings is 2. The van der Waals surface area contributed by atoms with Crippen molar-refractivity contribution in [3.8, 4) is 0 Å². The molecule has 6 nitrogen and oxygen atoms in total. The Morgan fingerprint density at radius 2 is 1.87 bits per heavy atom. The van der Waals surface area contributed by atoms with Crippen LogP contribution in [0.5, 0.6) is 0 Å². The summed E-state index contributed by atoms with van der Waals surface area (Å²) in [6.07, 6.45) is 0. The Morgan fingerprint density at radius 3 is 2.57 bits per heavy atom. The fourth-order valence-corrected chi connectivity index (χ4v) is 3.97. The van der Waals surface area contributed by atoms with E-state index in [-0.39, 0.29) is 11.1 Å². The molecule has 0 N–H and O–H groups in total. The van der Waals surface area contributed by atoms with Crippen LogP contribution in [0.3, 0.4) is 0 Å². The second-order valence-electron chi connectivity index (χ2n) is 7.31. The molecular formula is C22H22ClFN4O2. The lowest BCUT2D eigenvalue weighted by Crippen LogP contribution is -2.49. The Kier molecular flexibility index (Phi) is 5.83. The van der Waals surface area contributed by atoms with Gasteiger partial charge in [0, 0.05) is 44.3 Å². The van der Waals surface area contributed by atoms with Crippen molar-refractivity contribution in [3.05, 3.63) is 74.8 Å². The highest BCUT2D eigenvalue weighted by Crippen LogP contribution is 2.18. The summed E-state index contributed by atoms with van der Waals surface area (Å²) in [5.74, 6) is -0.925. The van der Waals surface area contributed by atoms with Crippen molar-refractivity contribution >= 4 is 28.4 Å². The van der Waals surface area contributed by atoms with E-state index in [0.717, 1.165) is 10.6 Å².